The van der Waals surface area contributed by atoms with Gasteiger partial charge in [0.1, 0.15) is 0 Å². The Morgan fingerprint density at radius 2 is 2.29 bits per heavy atom. The van der Waals surface area contributed by atoms with Crippen molar-refractivity contribution in [1.82, 2.24) is 5.32 Å². The SMILES string of the molecule is CNCC1CCc2ccccc2NC1. The quantitative estimate of drug-likeness (QED) is 0.744. The highest BCUT2D eigenvalue weighted by Gasteiger charge is 2.13. The van der Waals surface area contributed by atoms with Crippen molar-refractivity contribution in [3.8, 4) is 0 Å². The standard InChI is InChI=1S/C12H18N2/c1-13-8-10-6-7-11-4-2-3-5-12(11)14-9-10/h2-5,10,13-14H,6-9H2,1H3. The van der Waals surface area contributed by atoms with Crippen molar-refractivity contribution in [3.05, 3.63) is 29.8 Å². The van der Waals surface area contributed by atoms with E-state index in [9.17, 15) is 0 Å². The van der Waals surface area contributed by atoms with Gasteiger partial charge in [0, 0.05) is 12.2 Å². The van der Waals surface area contributed by atoms with Crippen LogP contribution in [-0.2, 0) is 6.42 Å². The zero-order valence-corrected chi connectivity index (χ0v) is 8.72. The monoisotopic (exact) mass is 190 g/mol. The Morgan fingerprint density at radius 3 is 3.14 bits per heavy atom. The van der Waals surface area contributed by atoms with Crippen LogP contribution in [0, 0.1) is 5.92 Å². The molecule has 0 fully saturated rings. The van der Waals surface area contributed by atoms with Crippen LogP contribution < -0.4 is 10.6 Å². The van der Waals surface area contributed by atoms with E-state index in [0.717, 1.165) is 19.0 Å². The lowest BCUT2D eigenvalue weighted by molar-refractivity contribution is 0.493. The van der Waals surface area contributed by atoms with E-state index in [1.807, 2.05) is 7.05 Å². The maximum absolute atomic E-state index is 3.52. The largest absolute Gasteiger partial charge is 0.384 e. The number of para-hydroxylation sites is 1. The first kappa shape index (κ1) is 9.53. The van der Waals surface area contributed by atoms with Gasteiger partial charge in [-0.3, -0.25) is 0 Å². The first-order valence-electron chi connectivity index (χ1n) is 5.36. The fraction of sp³-hybridized carbons (Fsp3) is 0.500. The Morgan fingerprint density at radius 1 is 1.43 bits per heavy atom. The molecule has 1 aromatic rings. The Kier molecular flexibility index (Phi) is 3.04. The first-order chi connectivity index (χ1) is 6.90. The van der Waals surface area contributed by atoms with E-state index in [-0.39, 0.29) is 0 Å². The molecule has 0 spiro atoms. The molecule has 0 radical (unpaired) electrons. The maximum atomic E-state index is 3.52. The van der Waals surface area contributed by atoms with Gasteiger partial charge in [0.25, 0.3) is 0 Å². The summed E-state index contributed by atoms with van der Waals surface area (Å²) in [6.45, 7) is 2.21. The van der Waals surface area contributed by atoms with E-state index in [4.69, 9.17) is 0 Å². The minimum Gasteiger partial charge on any atom is -0.384 e. The molecule has 1 unspecified atom stereocenters. The molecule has 1 aliphatic rings. The van der Waals surface area contributed by atoms with Crippen LogP contribution in [0.5, 0.6) is 0 Å². The van der Waals surface area contributed by atoms with Crippen molar-refractivity contribution in [2.45, 2.75) is 12.8 Å². The van der Waals surface area contributed by atoms with Gasteiger partial charge in [-0.1, -0.05) is 18.2 Å². The molecule has 0 aliphatic carbocycles. The Balaban J connectivity index is 2.06. The van der Waals surface area contributed by atoms with Gasteiger partial charge in [0.05, 0.1) is 0 Å². The molecule has 0 saturated carbocycles. The number of nitrogens with one attached hydrogen (secondary N) is 2. The second kappa shape index (κ2) is 4.47. The first-order valence-corrected chi connectivity index (χ1v) is 5.36. The second-order valence-electron chi connectivity index (χ2n) is 4.00. The molecule has 2 heteroatoms. The molecule has 0 aromatic heterocycles. The fourth-order valence-electron chi connectivity index (χ4n) is 2.09. The van der Waals surface area contributed by atoms with E-state index < -0.39 is 0 Å². The van der Waals surface area contributed by atoms with Crippen molar-refractivity contribution in [3.63, 3.8) is 0 Å². The van der Waals surface area contributed by atoms with Gasteiger partial charge in [-0.15, -0.1) is 0 Å². The summed E-state index contributed by atoms with van der Waals surface area (Å²) in [7, 11) is 2.03. The van der Waals surface area contributed by atoms with E-state index in [1.54, 1.807) is 0 Å². The van der Waals surface area contributed by atoms with Gasteiger partial charge >= 0.3 is 0 Å². The normalized spacial score (nSPS) is 20.8. The van der Waals surface area contributed by atoms with Crippen molar-refractivity contribution in [1.29, 1.82) is 0 Å². The third-order valence-electron chi connectivity index (χ3n) is 2.91. The van der Waals surface area contributed by atoms with E-state index in [0.29, 0.717) is 0 Å². The highest BCUT2D eigenvalue weighted by atomic mass is 14.9. The summed E-state index contributed by atoms with van der Waals surface area (Å²) in [5.41, 5.74) is 2.79. The third-order valence-corrected chi connectivity index (χ3v) is 2.91. The van der Waals surface area contributed by atoms with Crippen LogP contribution in [0.2, 0.25) is 0 Å². The summed E-state index contributed by atoms with van der Waals surface area (Å²) in [4.78, 5) is 0. The molecule has 0 amide bonds. The van der Waals surface area contributed by atoms with Gasteiger partial charge in [-0.05, 0) is 44.0 Å². The molecule has 0 bridgehead atoms. The zero-order valence-electron chi connectivity index (χ0n) is 8.72. The summed E-state index contributed by atoms with van der Waals surface area (Å²) < 4.78 is 0. The lowest BCUT2D eigenvalue weighted by Gasteiger charge is -2.13. The summed E-state index contributed by atoms with van der Waals surface area (Å²) >= 11 is 0. The van der Waals surface area contributed by atoms with Crippen molar-refractivity contribution < 1.29 is 0 Å². The van der Waals surface area contributed by atoms with E-state index >= 15 is 0 Å². The maximum Gasteiger partial charge on any atom is 0.0372 e. The number of fused-ring (bicyclic) bond motifs is 1. The molecule has 1 heterocycles. The molecule has 76 valence electrons. The molecular weight excluding hydrogens is 172 g/mol. The Bertz CT molecular complexity index is 269. The van der Waals surface area contributed by atoms with Crippen LogP contribution in [0.3, 0.4) is 0 Å². The summed E-state index contributed by atoms with van der Waals surface area (Å²) in [5, 5.41) is 6.77. The number of hydrogen-bond acceptors (Lipinski definition) is 2. The molecule has 2 rings (SSSR count). The molecule has 1 atom stereocenters. The zero-order chi connectivity index (χ0) is 9.80. The fourth-order valence-corrected chi connectivity index (χ4v) is 2.09. The van der Waals surface area contributed by atoms with Gasteiger partial charge in [-0.25, -0.2) is 0 Å². The van der Waals surface area contributed by atoms with Gasteiger partial charge in [-0.2, -0.15) is 0 Å². The third kappa shape index (κ3) is 2.07. The van der Waals surface area contributed by atoms with Crippen molar-refractivity contribution in [2.24, 2.45) is 5.92 Å². The lowest BCUT2D eigenvalue weighted by Crippen LogP contribution is -2.24. The van der Waals surface area contributed by atoms with Crippen LogP contribution in [0.15, 0.2) is 24.3 Å². The van der Waals surface area contributed by atoms with Gasteiger partial charge < -0.3 is 10.6 Å². The average molecular weight is 190 g/mol. The number of rotatable bonds is 2. The number of aryl methyl sites for hydroxylation is 1. The molecule has 1 aliphatic heterocycles. The van der Waals surface area contributed by atoms with Crippen LogP contribution in [0.1, 0.15) is 12.0 Å². The number of hydrogen-bond donors (Lipinski definition) is 2. The summed E-state index contributed by atoms with van der Waals surface area (Å²) in [6.07, 6.45) is 2.49. The van der Waals surface area contributed by atoms with Crippen LogP contribution in [0.25, 0.3) is 0 Å². The molecule has 0 saturated heterocycles. The average Bonchev–Trinajstić information content (AvgIpc) is 2.42. The van der Waals surface area contributed by atoms with Crippen molar-refractivity contribution >= 4 is 5.69 Å². The van der Waals surface area contributed by atoms with Crippen molar-refractivity contribution in [2.75, 3.05) is 25.5 Å². The van der Waals surface area contributed by atoms with E-state index in [2.05, 4.69) is 34.9 Å². The summed E-state index contributed by atoms with van der Waals surface area (Å²) in [6, 6.07) is 8.63. The minimum absolute atomic E-state index is 0.757. The number of benzene rings is 1. The Labute approximate surface area is 85.7 Å². The van der Waals surface area contributed by atoms with E-state index in [1.165, 1.54) is 24.1 Å². The minimum atomic E-state index is 0.757. The summed E-state index contributed by atoms with van der Waals surface area (Å²) in [5.74, 6) is 0.757. The second-order valence-corrected chi connectivity index (χ2v) is 4.00. The Hall–Kier alpha value is -1.02. The van der Waals surface area contributed by atoms with Gasteiger partial charge in [0.15, 0.2) is 0 Å². The highest BCUT2D eigenvalue weighted by Crippen LogP contribution is 2.22. The molecular formula is C12H18N2. The predicted octanol–water partition coefficient (Wildman–Crippen LogP) is 1.88. The number of anilines is 1. The molecule has 1 aromatic carbocycles. The van der Waals surface area contributed by atoms with Crippen LogP contribution >= 0.6 is 0 Å². The predicted molar refractivity (Wildman–Crippen MR) is 60.7 cm³/mol. The van der Waals surface area contributed by atoms with Gasteiger partial charge in [0.2, 0.25) is 0 Å². The van der Waals surface area contributed by atoms with Crippen LogP contribution in [0.4, 0.5) is 5.69 Å². The lowest BCUT2D eigenvalue weighted by atomic mass is 10.0. The topological polar surface area (TPSA) is 24.1 Å². The smallest absolute Gasteiger partial charge is 0.0372 e. The van der Waals surface area contributed by atoms with Crippen LogP contribution in [-0.4, -0.2) is 20.1 Å². The molecule has 14 heavy (non-hydrogen) atoms. The highest BCUT2D eigenvalue weighted by molar-refractivity contribution is 5.51. The molecule has 2 N–H and O–H groups in total. The molecule has 2 nitrogen and oxygen atoms in total.